The maximum atomic E-state index is 13.4. The minimum Gasteiger partial charge on any atom is -0.478 e. The van der Waals surface area contributed by atoms with E-state index >= 15 is 0 Å². The fourth-order valence-corrected chi connectivity index (χ4v) is 4.19. The van der Waals surface area contributed by atoms with Crippen molar-refractivity contribution >= 4 is 17.7 Å². The van der Waals surface area contributed by atoms with Crippen LogP contribution in [0.25, 0.3) is 11.3 Å². The summed E-state index contributed by atoms with van der Waals surface area (Å²) in [5, 5.41) is 12.1. The predicted molar refractivity (Wildman–Crippen MR) is 123 cm³/mol. The molecule has 2 aromatic carbocycles. The Labute approximate surface area is 196 Å². The largest absolute Gasteiger partial charge is 0.586 e. The Kier molecular flexibility index (Phi) is 4.82. The van der Waals surface area contributed by atoms with Crippen LogP contribution in [0.2, 0.25) is 0 Å². The number of ether oxygens (including phenoxy) is 2. The molecule has 2 aliphatic rings. The van der Waals surface area contributed by atoms with E-state index in [1.165, 1.54) is 18.2 Å². The van der Waals surface area contributed by atoms with E-state index in [9.17, 15) is 23.5 Å². The Hall–Kier alpha value is -4.01. The highest BCUT2D eigenvalue weighted by Crippen LogP contribution is 2.52. The molecule has 1 fully saturated rings. The maximum absolute atomic E-state index is 13.4. The summed E-state index contributed by atoms with van der Waals surface area (Å²) < 4.78 is 35.7. The van der Waals surface area contributed by atoms with Crippen molar-refractivity contribution in [1.82, 2.24) is 4.98 Å². The molecule has 0 radical (unpaired) electrons. The molecule has 1 aromatic heterocycles. The van der Waals surface area contributed by atoms with Crippen molar-refractivity contribution < 1.29 is 35.8 Å². The van der Waals surface area contributed by atoms with Crippen molar-refractivity contribution in [3.8, 4) is 22.8 Å². The second-order valence-electron chi connectivity index (χ2n) is 8.56. The third-order valence-electron chi connectivity index (χ3n) is 6.21. The molecule has 1 aliphatic heterocycles. The third kappa shape index (κ3) is 3.72. The average molecular weight is 470 g/mol. The van der Waals surface area contributed by atoms with Gasteiger partial charge in [-0.1, -0.05) is 18.2 Å². The smallest absolute Gasteiger partial charge is 0.478 e. The Morgan fingerprint density at radius 1 is 1.00 bits per heavy atom. The highest BCUT2D eigenvalue weighted by atomic mass is 19.3. The molecule has 2 heterocycles. The zero-order valence-electron chi connectivity index (χ0n) is 18.3. The van der Waals surface area contributed by atoms with E-state index in [0.29, 0.717) is 29.9 Å². The number of carbonyl (C=O) groups excluding carboxylic acids is 1. The lowest BCUT2D eigenvalue weighted by Crippen LogP contribution is -2.28. The fourth-order valence-electron chi connectivity index (χ4n) is 4.19. The van der Waals surface area contributed by atoms with Gasteiger partial charge in [0, 0.05) is 8.42 Å². The predicted octanol–water partition coefficient (Wildman–Crippen LogP) is 5.55. The summed E-state index contributed by atoms with van der Waals surface area (Å²) in [5.41, 5.74) is 2.89. The van der Waals surface area contributed by atoms with Gasteiger partial charge in [0.1, 0.15) is 5.82 Å². The first-order valence-corrected chi connectivity index (χ1v) is 10.6. The number of carbonyl (C=O) groups is 2. The molecule has 0 atom stereocenters. The minimum absolute atomic E-state index is 0. The van der Waals surface area contributed by atoms with Gasteiger partial charge >= 0.3 is 12.3 Å². The Morgan fingerprint density at radius 3 is 2.41 bits per heavy atom. The molecule has 0 unspecified atom stereocenters. The number of rotatable bonds is 5. The number of nitrogens with one attached hydrogen (secondary N) is 1. The zero-order chi connectivity index (χ0) is 24.3. The number of aryl methyl sites for hydroxylation is 2. The molecule has 1 saturated carbocycles. The minimum atomic E-state index is -3.72. The van der Waals surface area contributed by atoms with Crippen molar-refractivity contribution in [1.29, 1.82) is 0 Å². The number of halogens is 2. The summed E-state index contributed by atoms with van der Waals surface area (Å²) >= 11 is 0. The van der Waals surface area contributed by atoms with Crippen molar-refractivity contribution in [2.75, 3.05) is 5.32 Å². The second kappa shape index (κ2) is 7.51. The van der Waals surface area contributed by atoms with E-state index < -0.39 is 17.7 Å². The molecule has 0 bridgehead atoms. The van der Waals surface area contributed by atoms with Gasteiger partial charge in [0.15, 0.2) is 11.5 Å². The summed E-state index contributed by atoms with van der Waals surface area (Å²) in [6.45, 7) is 3.68. The molecule has 5 rings (SSSR count). The van der Waals surface area contributed by atoms with Gasteiger partial charge < -0.3 is 19.9 Å². The van der Waals surface area contributed by atoms with Gasteiger partial charge in [0.25, 0.3) is 0 Å². The average Bonchev–Trinajstić information content (AvgIpc) is 3.52. The van der Waals surface area contributed by atoms with E-state index in [4.69, 9.17) is 0 Å². The topological polar surface area (TPSA) is 97.8 Å². The van der Waals surface area contributed by atoms with Crippen LogP contribution in [-0.2, 0) is 10.2 Å². The first-order chi connectivity index (χ1) is 16.1. The van der Waals surface area contributed by atoms with E-state index in [0.717, 1.165) is 16.7 Å². The maximum Gasteiger partial charge on any atom is 0.586 e. The van der Waals surface area contributed by atoms with Crippen LogP contribution < -0.4 is 14.8 Å². The quantitative estimate of drug-likeness (QED) is 0.508. The Bertz CT molecular complexity index is 1360. The lowest BCUT2D eigenvalue weighted by Gasteiger charge is -2.17. The standard InChI is InChI=1S/C25H20F2N2O5.2H2/c1-13-3-8-20(28-21(13)17-6-4-15(22(30)31)11-14(17)2)29-23(32)24(9-10-24)16-5-7-18-19(12-16)34-25(26,27)33-18;;/h3-8,11-12H,9-10H2,1-2H3,(H,30,31)(H,28,29,32);2*1H. The number of aromatic nitrogens is 1. The summed E-state index contributed by atoms with van der Waals surface area (Å²) in [6.07, 6.45) is -2.60. The number of benzene rings is 2. The van der Waals surface area contributed by atoms with Gasteiger partial charge in [-0.25, -0.2) is 9.78 Å². The van der Waals surface area contributed by atoms with E-state index in [1.54, 1.807) is 31.2 Å². The number of pyridine rings is 1. The van der Waals surface area contributed by atoms with Gasteiger partial charge in [-0.05, 0) is 73.7 Å². The van der Waals surface area contributed by atoms with Crippen molar-refractivity contribution in [3.63, 3.8) is 0 Å². The summed E-state index contributed by atoms with van der Waals surface area (Å²) in [7, 11) is 0. The molecule has 1 amide bonds. The molecule has 34 heavy (non-hydrogen) atoms. The third-order valence-corrected chi connectivity index (χ3v) is 6.21. The molecule has 9 heteroatoms. The van der Waals surface area contributed by atoms with Gasteiger partial charge in [-0.3, -0.25) is 4.79 Å². The normalized spacial score (nSPS) is 16.7. The number of fused-ring (bicyclic) bond motifs is 1. The van der Waals surface area contributed by atoms with Gasteiger partial charge in [0.05, 0.1) is 16.7 Å². The summed E-state index contributed by atoms with van der Waals surface area (Å²) in [4.78, 5) is 29.1. The Morgan fingerprint density at radius 2 is 1.74 bits per heavy atom. The number of aromatic carboxylic acids is 1. The van der Waals surface area contributed by atoms with Gasteiger partial charge in [-0.2, -0.15) is 0 Å². The number of carboxylic acids is 1. The number of hydrogen-bond acceptors (Lipinski definition) is 5. The van der Waals surface area contributed by atoms with Crippen LogP contribution in [0.1, 0.15) is 42.7 Å². The first-order valence-electron chi connectivity index (χ1n) is 10.6. The van der Waals surface area contributed by atoms with Crippen molar-refractivity contribution in [2.45, 2.75) is 38.4 Å². The van der Waals surface area contributed by atoms with Crippen LogP contribution in [0.5, 0.6) is 11.5 Å². The SMILES string of the molecule is Cc1cc(C(=O)O)ccc1-c1nc(NC(=O)C2(c3ccc4c(c3)OC(F)(F)O4)CC2)ccc1C.[HH].[HH]. The monoisotopic (exact) mass is 470 g/mol. The molecule has 3 aromatic rings. The van der Waals surface area contributed by atoms with Crippen LogP contribution in [0.3, 0.4) is 0 Å². The highest BCUT2D eigenvalue weighted by molar-refractivity contribution is 6.01. The molecule has 7 nitrogen and oxygen atoms in total. The number of anilines is 1. The van der Waals surface area contributed by atoms with Crippen molar-refractivity contribution in [2.24, 2.45) is 0 Å². The van der Waals surface area contributed by atoms with E-state index in [2.05, 4.69) is 19.8 Å². The van der Waals surface area contributed by atoms with E-state index in [-0.39, 0.29) is 25.8 Å². The Balaban J connectivity index is 0.00000180. The number of hydrogen-bond donors (Lipinski definition) is 2. The summed E-state index contributed by atoms with van der Waals surface area (Å²) in [5.74, 6) is -1.14. The van der Waals surface area contributed by atoms with Crippen LogP contribution in [-0.4, -0.2) is 28.3 Å². The number of carboxylic acid groups (broad SMARTS) is 1. The second-order valence-corrected chi connectivity index (χ2v) is 8.56. The number of nitrogens with zero attached hydrogens (tertiary/aromatic N) is 1. The number of amides is 1. The van der Waals surface area contributed by atoms with Crippen LogP contribution in [0, 0.1) is 13.8 Å². The number of alkyl halides is 2. The molecule has 2 N–H and O–H groups in total. The van der Waals surface area contributed by atoms with Crippen molar-refractivity contribution in [3.05, 3.63) is 70.8 Å². The molecular formula is C25H24F2N2O5. The zero-order valence-corrected chi connectivity index (χ0v) is 18.3. The van der Waals surface area contributed by atoms with Crippen LogP contribution in [0.4, 0.5) is 14.6 Å². The van der Waals surface area contributed by atoms with Gasteiger partial charge in [-0.15, -0.1) is 8.78 Å². The molecule has 178 valence electrons. The summed E-state index contributed by atoms with van der Waals surface area (Å²) in [6, 6.07) is 12.7. The molecular weight excluding hydrogens is 446 g/mol. The molecule has 1 aliphatic carbocycles. The fraction of sp³-hybridized carbons (Fsp3) is 0.240. The van der Waals surface area contributed by atoms with E-state index in [1.807, 2.05) is 13.0 Å². The highest BCUT2D eigenvalue weighted by Gasteiger charge is 2.53. The lowest BCUT2D eigenvalue weighted by molar-refractivity contribution is -0.286. The lowest BCUT2D eigenvalue weighted by atomic mass is 9.94. The molecule has 0 spiro atoms. The first kappa shape index (κ1) is 21.8. The van der Waals surface area contributed by atoms with Crippen LogP contribution >= 0.6 is 0 Å². The van der Waals surface area contributed by atoms with Gasteiger partial charge in [0.2, 0.25) is 5.91 Å². The van der Waals surface area contributed by atoms with Crippen LogP contribution in [0.15, 0.2) is 48.5 Å². The molecule has 0 saturated heterocycles.